The maximum absolute atomic E-state index is 14.7. The number of fused-ring (bicyclic) bond motifs is 2. The minimum atomic E-state index is -3.84. The number of ketones is 1. The van der Waals surface area contributed by atoms with Crippen LogP contribution in [0.4, 0.5) is 0 Å². The maximum atomic E-state index is 14.7. The number of carbonyl (C=O) groups is 4. The highest BCUT2D eigenvalue weighted by molar-refractivity contribution is 7.90. The molecule has 0 spiro atoms. The standard InChI is InChI=1S/C44H57ClN6O9S2/c1-7-27-20-44(27,43(55)48-62(56,57)28-8-9-28)21-34(53)32-19-37(33-22-50(26(6)52)40(25(4)5)42(54)51(32)33)60-36-18-30(41-47-31(23-61-41)24(2)3)46-39-29(36)10-11-35(38(39)45)59-17-14-49-12-15-58-16-13-49/h10-11,18,23-25,27-28,32-33,37,40H,7-9,12-17,19-22H2,1-6H3,(H,48,55)/t27-,32+,33-,37-,40-,44-/m1/s1. The number of sulfonamides is 1. The number of rotatable bonds is 16. The van der Waals surface area contributed by atoms with Gasteiger partial charge in [0, 0.05) is 62.8 Å². The average Bonchev–Trinajstić information content (AvgIpc) is 4.13. The van der Waals surface area contributed by atoms with Crippen LogP contribution in [0.1, 0.15) is 91.7 Å². The van der Waals surface area contributed by atoms with Crippen LogP contribution in [0.3, 0.4) is 0 Å². The van der Waals surface area contributed by atoms with E-state index in [1.807, 2.05) is 32.2 Å². The summed E-state index contributed by atoms with van der Waals surface area (Å²) in [6.07, 6.45) is 1.05. The van der Waals surface area contributed by atoms with Crippen molar-refractivity contribution in [2.24, 2.45) is 17.3 Å². The second kappa shape index (κ2) is 17.6. The summed E-state index contributed by atoms with van der Waals surface area (Å²) >= 11 is 8.58. The zero-order chi connectivity index (χ0) is 44.2. The number of thiazole rings is 1. The summed E-state index contributed by atoms with van der Waals surface area (Å²) in [5, 5.41) is 2.95. The molecule has 18 heteroatoms. The minimum absolute atomic E-state index is 0.0883. The van der Waals surface area contributed by atoms with Gasteiger partial charge in [0.15, 0.2) is 5.78 Å². The Hall–Kier alpha value is -3.90. The first-order valence-electron chi connectivity index (χ1n) is 21.9. The average molecular weight is 914 g/mol. The van der Waals surface area contributed by atoms with E-state index in [4.69, 9.17) is 35.8 Å². The molecule has 1 N–H and O–H groups in total. The lowest BCUT2D eigenvalue weighted by Gasteiger charge is -2.46. The van der Waals surface area contributed by atoms with Crippen LogP contribution in [0.15, 0.2) is 23.6 Å². The number of hydrogen-bond acceptors (Lipinski definition) is 13. The molecule has 1 aromatic carbocycles. The van der Waals surface area contributed by atoms with Gasteiger partial charge in [0.2, 0.25) is 27.7 Å². The van der Waals surface area contributed by atoms with Crippen LogP contribution < -0.4 is 14.2 Å². The number of Topliss-reactive ketones (excluding diaryl/α,β-unsaturated/α-hetero) is 1. The van der Waals surface area contributed by atoms with E-state index in [1.54, 1.807) is 21.9 Å². The fraction of sp³-hybridized carbons (Fsp3) is 0.636. The van der Waals surface area contributed by atoms with Crippen LogP contribution in [0.5, 0.6) is 11.5 Å². The monoisotopic (exact) mass is 912 g/mol. The van der Waals surface area contributed by atoms with Crippen LogP contribution in [-0.2, 0) is 33.9 Å². The smallest absolute Gasteiger partial charge is 0.246 e. The van der Waals surface area contributed by atoms with Crippen molar-refractivity contribution in [2.45, 2.75) is 115 Å². The number of nitrogens with one attached hydrogen (secondary N) is 1. The zero-order valence-electron chi connectivity index (χ0n) is 36.2. The Morgan fingerprint density at radius 3 is 2.47 bits per heavy atom. The summed E-state index contributed by atoms with van der Waals surface area (Å²) in [6.45, 7) is 15.5. The van der Waals surface area contributed by atoms with Gasteiger partial charge in [-0.05, 0) is 49.1 Å². The lowest BCUT2D eigenvalue weighted by molar-refractivity contribution is -0.159. The van der Waals surface area contributed by atoms with E-state index >= 15 is 0 Å². The van der Waals surface area contributed by atoms with E-state index in [0.717, 1.165) is 18.8 Å². The number of carbonyl (C=O) groups excluding carboxylic acids is 4. The SMILES string of the molecule is CC[C@@H]1C[C@]1(CC(=O)[C@@H]1C[C@@H](Oc2cc(-c3nc(C(C)C)cs3)nc3c(Cl)c(OCCN4CCOCC4)ccc23)[C@H]2CN(C(C)=O)[C@H](C(C)C)C(=O)N21)C(=O)NS(=O)(=O)C1CC1. The number of morpholine rings is 1. The van der Waals surface area contributed by atoms with Crippen LogP contribution in [-0.4, -0.2) is 132 Å². The predicted octanol–water partition coefficient (Wildman–Crippen LogP) is 5.43. The minimum Gasteiger partial charge on any atom is -0.491 e. The molecule has 8 rings (SSSR count). The number of benzene rings is 1. The highest BCUT2D eigenvalue weighted by atomic mass is 35.5. The topological polar surface area (TPSA) is 178 Å². The van der Waals surface area contributed by atoms with Crippen LogP contribution in [0, 0.1) is 17.3 Å². The molecule has 0 bridgehead atoms. The van der Waals surface area contributed by atoms with Gasteiger partial charge >= 0.3 is 0 Å². The molecule has 62 heavy (non-hydrogen) atoms. The number of piperazine rings is 1. The third kappa shape index (κ3) is 8.68. The van der Waals surface area contributed by atoms with Gasteiger partial charge in [0.1, 0.15) is 46.0 Å². The fourth-order valence-corrected chi connectivity index (χ4v) is 12.1. The molecule has 3 amide bonds. The van der Waals surface area contributed by atoms with E-state index in [0.29, 0.717) is 90.2 Å². The first kappa shape index (κ1) is 44.7. The Labute approximate surface area is 372 Å². The van der Waals surface area contributed by atoms with Gasteiger partial charge in [0.05, 0.1) is 47.2 Å². The zero-order valence-corrected chi connectivity index (χ0v) is 38.6. The fourth-order valence-electron chi connectivity index (χ4n) is 9.49. The third-order valence-corrected chi connectivity index (χ3v) is 16.4. The Kier molecular flexibility index (Phi) is 12.7. The van der Waals surface area contributed by atoms with Gasteiger partial charge in [-0.3, -0.25) is 28.8 Å². The summed E-state index contributed by atoms with van der Waals surface area (Å²) in [6, 6.07) is 2.93. The number of pyridine rings is 1. The van der Waals surface area contributed by atoms with Gasteiger partial charge in [-0.25, -0.2) is 18.4 Å². The molecule has 2 aliphatic carbocycles. The molecule has 0 radical (unpaired) electrons. The first-order chi connectivity index (χ1) is 29.5. The van der Waals surface area contributed by atoms with Gasteiger partial charge in [-0.15, -0.1) is 11.3 Å². The van der Waals surface area contributed by atoms with Crippen LogP contribution in [0.25, 0.3) is 21.6 Å². The molecule has 3 aromatic rings. The van der Waals surface area contributed by atoms with Crippen molar-refractivity contribution in [1.29, 1.82) is 0 Å². The normalized spacial score (nSPS) is 26.6. The molecule has 15 nitrogen and oxygen atoms in total. The summed E-state index contributed by atoms with van der Waals surface area (Å²) in [7, 11) is -3.84. The van der Waals surface area contributed by atoms with E-state index < -0.39 is 50.8 Å². The molecule has 5 fully saturated rings. The number of halogens is 1. The molecule has 2 aromatic heterocycles. The van der Waals surface area contributed by atoms with Crippen molar-refractivity contribution in [2.75, 3.05) is 46.0 Å². The molecule has 5 aliphatic rings. The molecule has 6 atom stereocenters. The summed E-state index contributed by atoms with van der Waals surface area (Å²) in [5.41, 5.74) is 0.681. The lowest BCUT2D eigenvalue weighted by atomic mass is 9.90. The molecule has 3 aliphatic heterocycles. The summed E-state index contributed by atoms with van der Waals surface area (Å²) < 4.78 is 46.8. The molecular formula is C44H57ClN6O9S2. The molecule has 0 unspecified atom stereocenters. The van der Waals surface area contributed by atoms with Crippen molar-refractivity contribution in [1.82, 2.24) is 29.4 Å². The Balaban J connectivity index is 1.14. The molecule has 3 saturated heterocycles. The van der Waals surface area contributed by atoms with E-state index in [1.165, 1.54) is 18.3 Å². The van der Waals surface area contributed by atoms with E-state index in [2.05, 4.69) is 23.5 Å². The summed E-state index contributed by atoms with van der Waals surface area (Å²) in [4.78, 5) is 71.7. The molecule has 5 heterocycles. The maximum Gasteiger partial charge on any atom is 0.246 e. The number of hydrogen-bond donors (Lipinski definition) is 1. The third-order valence-electron chi connectivity index (χ3n) is 13.3. The van der Waals surface area contributed by atoms with Crippen molar-refractivity contribution in [3.63, 3.8) is 0 Å². The molecule has 336 valence electrons. The van der Waals surface area contributed by atoms with Crippen LogP contribution in [0.2, 0.25) is 5.02 Å². The van der Waals surface area contributed by atoms with Gasteiger partial charge in [-0.1, -0.05) is 52.6 Å². The van der Waals surface area contributed by atoms with Crippen molar-refractivity contribution >= 4 is 67.4 Å². The van der Waals surface area contributed by atoms with Crippen molar-refractivity contribution < 1.29 is 41.8 Å². The van der Waals surface area contributed by atoms with Gasteiger partial charge in [0.25, 0.3) is 0 Å². The Morgan fingerprint density at radius 1 is 1.10 bits per heavy atom. The highest BCUT2D eigenvalue weighted by Crippen LogP contribution is 2.58. The molecule has 2 saturated carbocycles. The second-order valence-corrected chi connectivity index (χ2v) is 21.4. The number of ether oxygens (including phenoxy) is 3. The summed E-state index contributed by atoms with van der Waals surface area (Å²) in [5.74, 6) is -0.998. The number of aromatic nitrogens is 2. The predicted molar refractivity (Wildman–Crippen MR) is 235 cm³/mol. The van der Waals surface area contributed by atoms with Crippen molar-refractivity contribution in [3.05, 3.63) is 34.3 Å². The van der Waals surface area contributed by atoms with E-state index in [-0.39, 0.29) is 54.7 Å². The Morgan fingerprint density at radius 2 is 1.84 bits per heavy atom. The largest absolute Gasteiger partial charge is 0.491 e. The van der Waals surface area contributed by atoms with E-state index in [9.17, 15) is 27.6 Å². The van der Waals surface area contributed by atoms with Gasteiger partial charge in [-0.2, -0.15) is 0 Å². The van der Waals surface area contributed by atoms with Crippen LogP contribution >= 0.6 is 22.9 Å². The van der Waals surface area contributed by atoms with Gasteiger partial charge < -0.3 is 24.0 Å². The Bertz CT molecular complexity index is 2350. The number of nitrogens with zero attached hydrogens (tertiary/aromatic N) is 5. The number of amides is 3. The first-order valence-corrected chi connectivity index (χ1v) is 24.7. The highest BCUT2D eigenvalue weighted by Gasteiger charge is 2.63. The van der Waals surface area contributed by atoms with Crippen molar-refractivity contribution in [3.8, 4) is 22.2 Å². The quantitative estimate of drug-likeness (QED) is 0.193. The lowest BCUT2D eigenvalue weighted by Crippen LogP contribution is -2.66. The molecular weight excluding hydrogens is 856 g/mol. The second-order valence-electron chi connectivity index (χ2n) is 18.2.